The molecule has 0 aliphatic rings. The number of phenols is 1. The van der Waals surface area contributed by atoms with Crippen molar-refractivity contribution in [1.82, 2.24) is 5.32 Å². The van der Waals surface area contributed by atoms with Gasteiger partial charge >= 0.3 is 0 Å². The van der Waals surface area contributed by atoms with Crippen LogP contribution in [0.3, 0.4) is 0 Å². The lowest BCUT2D eigenvalue weighted by atomic mass is 10.2. The summed E-state index contributed by atoms with van der Waals surface area (Å²) in [6, 6.07) is 4.33. The summed E-state index contributed by atoms with van der Waals surface area (Å²) >= 11 is 6.72. The van der Waals surface area contributed by atoms with Gasteiger partial charge in [0, 0.05) is 5.56 Å². The molecular formula is C10H11IN2O2S. The number of nitrogens with one attached hydrogen (secondary N) is 1. The first-order valence-electron chi connectivity index (χ1n) is 4.50. The first-order valence-corrected chi connectivity index (χ1v) is 5.99. The van der Waals surface area contributed by atoms with Crippen molar-refractivity contribution in [2.24, 2.45) is 5.73 Å². The van der Waals surface area contributed by atoms with E-state index in [0.29, 0.717) is 9.13 Å². The lowest BCUT2D eigenvalue weighted by Gasteiger charge is -2.12. The molecule has 1 atom stereocenters. The molecule has 1 unspecified atom stereocenters. The van der Waals surface area contributed by atoms with Crippen LogP contribution in [0.2, 0.25) is 0 Å². The van der Waals surface area contributed by atoms with Crippen LogP contribution in [0.1, 0.15) is 17.3 Å². The van der Waals surface area contributed by atoms with Crippen LogP contribution in [0.25, 0.3) is 0 Å². The van der Waals surface area contributed by atoms with Gasteiger partial charge in [0.15, 0.2) is 0 Å². The Morgan fingerprint density at radius 3 is 2.75 bits per heavy atom. The van der Waals surface area contributed by atoms with Gasteiger partial charge in [-0.3, -0.25) is 4.79 Å². The first-order chi connectivity index (χ1) is 7.41. The van der Waals surface area contributed by atoms with Gasteiger partial charge in [-0.15, -0.1) is 0 Å². The van der Waals surface area contributed by atoms with Crippen LogP contribution in [-0.4, -0.2) is 22.0 Å². The summed E-state index contributed by atoms with van der Waals surface area (Å²) in [5.41, 5.74) is 5.76. The Labute approximate surface area is 112 Å². The number of phenolic OH excluding ortho intramolecular Hbond substituents is 1. The number of carbonyl (C=O) groups excluding carboxylic acids is 1. The summed E-state index contributed by atoms with van der Waals surface area (Å²) in [6.45, 7) is 1.70. The van der Waals surface area contributed by atoms with Gasteiger partial charge in [-0.2, -0.15) is 0 Å². The highest BCUT2D eigenvalue weighted by molar-refractivity contribution is 14.1. The van der Waals surface area contributed by atoms with Gasteiger partial charge in [0.25, 0.3) is 5.91 Å². The minimum atomic E-state index is -0.371. The van der Waals surface area contributed by atoms with E-state index in [-0.39, 0.29) is 22.7 Å². The van der Waals surface area contributed by atoms with Crippen molar-refractivity contribution in [2.45, 2.75) is 13.0 Å². The van der Waals surface area contributed by atoms with Gasteiger partial charge in [-0.1, -0.05) is 12.2 Å². The molecule has 0 heterocycles. The van der Waals surface area contributed by atoms with E-state index in [1.165, 1.54) is 6.07 Å². The van der Waals surface area contributed by atoms with E-state index >= 15 is 0 Å². The Morgan fingerprint density at radius 1 is 1.62 bits per heavy atom. The first kappa shape index (κ1) is 13.2. The summed E-state index contributed by atoms with van der Waals surface area (Å²) < 4.78 is 0.691. The maximum absolute atomic E-state index is 11.7. The maximum Gasteiger partial charge on any atom is 0.251 e. The lowest BCUT2D eigenvalue weighted by Crippen LogP contribution is -2.41. The SMILES string of the molecule is CC(NC(=O)c1ccc(I)c(O)c1)C(N)=S. The minimum Gasteiger partial charge on any atom is -0.507 e. The van der Waals surface area contributed by atoms with Gasteiger partial charge in [0.2, 0.25) is 0 Å². The number of aromatic hydroxyl groups is 1. The predicted octanol–water partition coefficient (Wildman–Crippen LogP) is 1.40. The molecule has 6 heteroatoms. The number of hydrogen-bond acceptors (Lipinski definition) is 3. The Hall–Kier alpha value is -0.890. The van der Waals surface area contributed by atoms with Crippen LogP contribution < -0.4 is 11.1 Å². The van der Waals surface area contributed by atoms with Gasteiger partial charge in [0.05, 0.1) is 14.6 Å². The number of thiocarbonyl (C=S) groups is 1. The van der Waals surface area contributed by atoms with Crippen LogP contribution in [0.4, 0.5) is 0 Å². The smallest absolute Gasteiger partial charge is 0.251 e. The van der Waals surface area contributed by atoms with Crippen molar-refractivity contribution in [3.63, 3.8) is 0 Å². The van der Waals surface area contributed by atoms with Crippen molar-refractivity contribution in [3.8, 4) is 5.75 Å². The standard InChI is InChI=1S/C10H11IN2O2S/c1-5(9(12)16)13-10(15)6-2-3-7(11)8(14)4-6/h2-5,14H,1H3,(H2,12,16)(H,13,15). The second-order valence-electron chi connectivity index (χ2n) is 3.26. The molecule has 0 spiro atoms. The third-order valence-electron chi connectivity index (χ3n) is 1.98. The molecule has 0 saturated carbocycles. The number of hydrogen-bond donors (Lipinski definition) is 3. The molecule has 0 fully saturated rings. The summed E-state index contributed by atoms with van der Waals surface area (Å²) in [6.07, 6.45) is 0. The van der Waals surface area contributed by atoms with E-state index < -0.39 is 0 Å². The summed E-state index contributed by atoms with van der Waals surface area (Å²) in [7, 11) is 0. The van der Waals surface area contributed by atoms with Gasteiger partial charge in [-0.25, -0.2) is 0 Å². The number of benzene rings is 1. The Kier molecular flexibility index (Phi) is 4.48. The van der Waals surface area contributed by atoms with Crippen molar-refractivity contribution >= 4 is 45.7 Å². The fourth-order valence-electron chi connectivity index (χ4n) is 1.01. The molecule has 4 N–H and O–H groups in total. The lowest BCUT2D eigenvalue weighted by molar-refractivity contribution is 0.0949. The zero-order chi connectivity index (χ0) is 12.3. The molecule has 1 aromatic carbocycles. The molecule has 1 aromatic rings. The van der Waals surface area contributed by atoms with Gasteiger partial charge in [-0.05, 0) is 47.7 Å². The Bertz CT molecular complexity index is 437. The zero-order valence-corrected chi connectivity index (χ0v) is 11.5. The molecule has 0 saturated heterocycles. The average Bonchev–Trinajstić information content (AvgIpc) is 2.21. The van der Waals surface area contributed by atoms with Crippen LogP contribution in [-0.2, 0) is 0 Å². The fourth-order valence-corrected chi connectivity index (χ4v) is 1.40. The third kappa shape index (κ3) is 3.31. The highest BCUT2D eigenvalue weighted by Gasteiger charge is 2.12. The average molecular weight is 350 g/mol. The molecule has 0 aromatic heterocycles. The maximum atomic E-state index is 11.7. The van der Waals surface area contributed by atoms with E-state index in [4.69, 9.17) is 18.0 Å². The number of nitrogens with two attached hydrogens (primary N) is 1. The van der Waals surface area contributed by atoms with E-state index in [1.54, 1.807) is 19.1 Å². The topological polar surface area (TPSA) is 75.3 Å². The molecule has 4 nitrogen and oxygen atoms in total. The molecule has 16 heavy (non-hydrogen) atoms. The molecule has 1 amide bonds. The number of rotatable bonds is 3. The number of halogens is 1. The third-order valence-corrected chi connectivity index (χ3v) is 3.25. The van der Waals surface area contributed by atoms with Gasteiger partial charge in [0.1, 0.15) is 5.75 Å². The van der Waals surface area contributed by atoms with Crippen LogP contribution in [0.5, 0.6) is 5.75 Å². The molecule has 0 bridgehead atoms. The van der Waals surface area contributed by atoms with Crippen LogP contribution in [0, 0.1) is 3.57 Å². The highest BCUT2D eigenvalue weighted by atomic mass is 127. The monoisotopic (exact) mass is 350 g/mol. The molecule has 0 radical (unpaired) electrons. The molecule has 1 rings (SSSR count). The van der Waals surface area contributed by atoms with E-state index in [0.717, 1.165) is 0 Å². The predicted molar refractivity (Wildman–Crippen MR) is 74.5 cm³/mol. The number of amides is 1. The van der Waals surface area contributed by atoms with Crippen LogP contribution >= 0.6 is 34.8 Å². The molecule has 86 valence electrons. The molecular weight excluding hydrogens is 339 g/mol. The zero-order valence-electron chi connectivity index (χ0n) is 8.53. The summed E-state index contributed by atoms with van der Waals surface area (Å²) in [4.78, 5) is 11.9. The second-order valence-corrected chi connectivity index (χ2v) is 4.90. The normalized spacial score (nSPS) is 11.9. The van der Waals surface area contributed by atoms with Crippen molar-refractivity contribution in [3.05, 3.63) is 27.3 Å². The Morgan fingerprint density at radius 2 is 2.25 bits per heavy atom. The van der Waals surface area contributed by atoms with Crippen molar-refractivity contribution in [1.29, 1.82) is 0 Å². The quantitative estimate of drug-likeness (QED) is 0.569. The highest BCUT2D eigenvalue weighted by Crippen LogP contribution is 2.20. The van der Waals surface area contributed by atoms with E-state index in [2.05, 4.69) is 5.32 Å². The largest absolute Gasteiger partial charge is 0.507 e. The van der Waals surface area contributed by atoms with E-state index in [1.807, 2.05) is 22.6 Å². The Balaban J connectivity index is 2.81. The molecule has 0 aliphatic carbocycles. The fraction of sp³-hybridized carbons (Fsp3) is 0.200. The second kappa shape index (κ2) is 5.44. The minimum absolute atomic E-state index is 0.0798. The number of carbonyl (C=O) groups is 1. The van der Waals surface area contributed by atoms with E-state index in [9.17, 15) is 9.90 Å². The van der Waals surface area contributed by atoms with Crippen LogP contribution in [0.15, 0.2) is 18.2 Å². The summed E-state index contributed by atoms with van der Waals surface area (Å²) in [5, 5.41) is 12.1. The molecule has 0 aliphatic heterocycles. The van der Waals surface area contributed by atoms with Gasteiger partial charge < -0.3 is 16.2 Å². The summed E-state index contributed by atoms with van der Waals surface area (Å²) in [5.74, 6) is -0.233. The van der Waals surface area contributed by atoms with Crippen molar-refractivity contribution < 1.29 is 9.90 Å². The van der Waals surface area contributed by atoms with Crippen molar-refractivity contribution in [2.75, 3.05) is 0 Å².